The molecule has 1 aromatic carbocycles. The molecule has 0 radical (unpaired) electrons. The Hall–Kier alpha value is -3.10. The molecule has 0 aliphatic carbocycles. The van der Waals surface area contributed by atoms with Crippen molar-refractivity contribution in [3.05, 3.63) is 27.8 Å². The van der Waals surface area contributed by atoms with Crippen molar-refractivity contribution in [3.8, 4) is 0 Å². The van der Waals surface area contributed by atoms with Gasteiger partial charge >= 0.3 is 30.0 Å². The fraction of sp³-hybridized carbons (Fsp3) is 0.450. The van der Waals surface area contributed by atoms with Gasteiger partial charge in [0.25, 0.3) is 0 Å². The van der Waals surface area contributed by atoms with Gasteiger partial charge in [-0.2, -0.15) is 0 Å². The van der Waals surface area contributed by atoms with Gasteiger partial charge in [-0.3, -0.25) is 4.79 Å². The normalized spacial score (nSPS) is 12.2. The number of carbonyl (C=O) groups is 5. The SMILES string of the molecule is O=C(O)CCC[C@H](NC(=O)N[C@@H](CCCCNC(=O)Nc1ccc(I)cc1)C(=O)O)C(=O)O. The monoisotopic (exact) mass is 578 g/mol. The number of aliphatic carboxylic acids is 3. The average molecular weight is 578 g/mol. The molecule has 0 unspecified atom stereocenters. The molecule has 0 heterocycles. The van der Waals surface area contributed by atoms with E-state index in [4.69, 9.17) is 10.2 Å². The first-order chi connectivity index (χ1) is 15.6. The highest BCUT2D eigenvalue weighted by atomic mass is 127. The summed E-state index contributed by atoms with van der Waals surface area (Å²) in [6.07, 6.45) is 0.589. The number of benzene rings is 1. The lowest BCUT2D eigenvalue weighted by Gasteiger charge is -2.18. The standard InChI is InChI=1S/C20H27IN4O8/c21-12-7-9-13(10-8-12)23-19(32)22-11-2-1-4-14(17(28)29)24-20(33)25-15(18(30)31)5-3-6-16(26)27/h7-10,14-15H,1-6,11H2,(H,26,27)(H,28,29)(H,30,31)(H2,22,23,32)(H2,24,25,33)/t14-,15-/m0/s1. The van der Waals surface area contributed by atoms with Gasteiger partial charge in [-0.1, -0.05) is 0 Å². The third kappa shape index (κ3) is 12.5. The van der Waals surface area contributed by atoms with Crippen molar-refractivity contribution in [1.82, 2.24) is 16.0 Å². The van der Waals surface area contributed by atoms with Gasteiger partial charge in [0.2, 0.25) is 0 Å². The Bertz CT molecular complexity index is 834. The van der Waals surface area contributed by atoms with Crippen LogP contribution in [0.25, 0.3) is 0 Å². The van der Waals surface area contributed by atoms with E-state index in [1.54, 1.807) is 12.1 Å². The van der Waals surface area contributed by atoms with Crippen molar-refractivity contribution in [2.75, 3.05) is 11.9 Å². The van der Waals surface area contributed by atoms with E-state index in [-0.39, 0.29) is 25.7 Å². The summed E-state index contributed by atoms with van der Waals surface area (Å²) in [5, 5.41) is 36.7. The largest absolute Gasteiger partial charge is 0.481 e. The molecule has 33 heavy (non-hydrogen) atoms. The van der Waals surface area contributed by atoms with E-state index < -0.39 is 42.1 Å². The summed E-state index contributed by atoms with van der Waals surface area (Å²) in [5.41, 5.74) is 0.636. The van der Waals surface area contributed by atoms with Gasteiger partial charge in [0.05, 0.1) is 0 Å². The van der Waals surface area contributed by atoms with E-state index in [1.165, 1.54) is 0 Å². The van der Waals surface area contributed by atoms with E-state index in [1.807, 2.05) is 12.1 Å². The van der Waals surface area contributed by atoms with E-state index in [9.17, 15) is 29.1 Å². The van der Waals surface area contributed by atoms with E-state index in [0.29, 0.717) is 25.1 Å². The Morgan fingerprint density at radius 3 is 1.85 bits per heavy atom. The van der Waals surface area contributed by atoms with Crippen LogP contribution >= 0.6 is 22.6 Å². The highest BCUT2D eigenvalue weighted by Gasteiger charge is 2.24. The molecule has 0 aliphatic heterocycles. The van der Waals surface area contributed by atoms with Gasteiger partial charge in [-0.25, -0.2) is 19.2 Å². The highest BCUT2D eigenvalue weighted by Crippen LogP contribution is 2.11. The maximum Gasteiger partial charge on any atom is 0.326 e. The Morgan fingerprint density at radius 2 is 1.33 bits per heavy atom. The first kappa shape index (κ1) is 27.9. The molecule has 0 fully saturated rings. The number of unbranched alkanes of at least 4 members (excludes halogenated alkanes) is 1. The maximum absolute atomic E-state index is 12.0. The van der Waals surface area contributed by atoms with Crippen molar-refractivity contribution < 1.29 is 39.3 Å². The number of urea groups is 2. The van der Waals surface area contributed by atoms with Crippen LogP contribution in [0, 0.1) is 3.57 Å². The maximum atomic E-state index is 12.0. The number of anilines is 1. The second-order valence-electron chi connectivity index (χ2n) is 7.07. The molecule has 0 saturated carbocycles. The van der Waals surface area contributed by atoms with Crippen molar-refractivity contribution in [3.63, 3.8) is 0 Å². The van der Waals surface area contributed by atoms with Crippen LogP contribution in [0.1, 0.15) is 38.5 Å². The fourth-order valence-corrected chi connectivity index (χ4v) is 3.07. The molecule has 0 spiro atoms. The first-order valence-corrected chi connectivity index (χ1v) is 11.2. The van der Waals surface area contributed by atoms with Crippen molar-refractivity contribution in [1.29, 1.82) is 0 Å². The number of amides is 4. The minimum atomic E-state index is -1.35. The smallest absolute Gasteiger partial charge is 0.326 e. The number of carboxylic acids is 3. The third-order valence-corrected chi connectivity index (χ3v) is 5.12. The van der Waals surface area contributed by atoms with E-state index in [0.717, 1.165) is 3.57 Å². The molecule has 0 saturated heterocycles. The molecule has 1 rings (SSSR count). The molecule has 0 aromatic heterocycles. The second kappa shape index (κ2) is 14.9. The number of rotatable bonds is 14. The number of carboxylic acid groups (broad SMARTS) is 3. The Morgan fingerprint density at radius 1 is 0.788 bits per heavy atom. The number of halogens is 1. The van der Waals surface area contributed by atoms with Crippen LogP contribution < -0.4 is 21.3 Å². The summed E-state index contributed by atoms with van der Waals surface area (Å²) in [6.45, 7) is 0.291. The molecule has 2 atom stereocenters. The van der Waals surface area contributed by atoms with Crippen LogP contribution in [0.3, 0.4) is 0 Å². The zero-order chi connectivity index (χ0) is 24.8. The summed E-state index contributed by atoms with van der Waals surface area (Å²) in [5.74, 6) is -3.72. The minimum Gasteiger partial charge on any atom is -0.481 e. The van der Waals surface area contributed by atoms with Gasteiger partial charge in [0, 0.05) is 22.2 Å². The van der Waals surface area contributed by atoms with Crippen molar-refractivity contribution >= 4 is 58.2 Å². The van der Waals surface area contributed by atoms with Gasteiger partial charge in [-0.15, -0.1) is 0 Å². The molecule has 1 aromatic rings. The number of carbonyl (C=O) groups excluding carboxylic acids is 2. The lowest BCUT2D eigenvalue weighted by molar-refractivity contribution is -0.140. The van der Waals surface area contributed by atoms with Crippen LogP contribution in [0.5, 0.6) is 0 Å². The van der Waals surface area contributed by atoms with E-state index in [2.05, 4.69) is 43.9 Å². The molecular weight excluding hydrogens is 551 g/mol. The quantitative estimate of drug-likeness (QED) is 0.129. The highest BCUT2D eigenvalue weighted by molar-refractivity contribution is 14.1. The van der Waals surface area contributed by atoms with Crippen LogP contribution in [-0.2, 0) is 14.4 Å². The summed E-state index contributed by atoms with van der Waals surface area (Å²) in [4.78, 5) is 57.0. The Kier molecular flexibility index (Phi) is 12.6. The number of hydrogen-bond acceptors (Lipinski definition) is 5. The zero-order valence-electron chi connectivity index (χ0n) is 17.7. The molecule has 0 bridgehead atoms. The van der Waals surface area contributed by atoms with Gasteiger partial charge in [0.1, 0.15) is 12.1 Å². The third-order valence-electron chi connectivity index (χ3n) is 4.40. The Labute approximate surface area is 203 Å². The van der Waals surface area contributed by atoms with Crippen LogP contribution in [0.4, 0.5) is 15.3 Å². The predicted molar refractivity (Wildman–Crippen MR) is 126 cm³/mol. The summed E-state index contributed by atoms with van der Waals surface area (Å²) in [6, 6.07) is 3.26. The Balaban J connectivity index is 2.36. The molecule has 13 heteroatoms. The number of nitrogens with one attached hydrogen (secondary N) is 4. The summed E-state index contributed by atoms with van der Waals surface area (Å²) < 4.78 is 1.03. The van der Waals surface area contributed by atoms with Crippen LogP contribution in [-0.4, -0.2) is 63.9 Å². The topological polar surface area (TPSA) is 194 Å². The van der Waals surface area contributed by atoms with E-state index >= 15 is 0 Å². The lowest BCUT2D eigenvalue weighted by Crippen LogP contribution is -2.51. The molecule has 4 amide bonds. The first-order valence-electron chi connectivity index (χ1n) is 10.1. The molecule has 182 valence electrons. The average Bonchev–Trinajstić information content (AvgIpc) is 2.73. The summed E-state index contributed by atoms with van der Waals surface area (Å²) in [7, 11) is 0. The fourth-order valence-electron chi connectivity index (χ4n) is 2.71. The van der Waals surface area contributed by atoms with Crippen molar-refractivity contribution in [2.45, 2.75) is 50.6 Å². The molecule has 7 N–H and O–H groups in total. The van der Waals surface area contributed by atoms with Gasteiger partial charge < -0.3 is 36.6 Å². The minimum absolute atomic E-state index is 0.0408. The molecular formula is C20H27IN4O8. The number of hydrogen-bond donors (Lipinski definition) is 7. The molecule has 12 nitrogen and oxygen atoms in total. The second-order valence-corrected chi connectivity index (χ2v) is 8.31. The summed E-state index contributed by atoms with van der Waals surface area (Å²) >= 11 is 2.15. The predicted octanol–water partition coefficient (Wildman–Crippen LogP) is 2.04. The van der Waals surface area contributed by atoms with Gasteiger partial charge in [0.15, 0.2) is 0 Å². The molecule has 0 aliphatic rings. The van der Waals surface area contributed by atoms with Crippen LogP contribution in [0.2, 0.25) is 0 Å². The van der Waals surface area contributed by atoms with Gasteiger partial charge in [-0.05, 0) is 79.0 Å². The van der Waals surface area contributed by atoms with Crippen molar-refractivity contribution in [2.24, 2.45) is 0 Å². The lowest BCUT2D eigenvalue weighted by atomic mass is 10.1. The zero-order valence-corrected chi connectivity index (χ0v) is 19.8. The van der Waals surface area contributed by atoms with Crippen LogP contribution in [0.15, 0.2) is 24.3 Å².